The van der Waals surface area contributed by atoms with E-state index in [1.165, 1.54) is 12.0 Å². The van der Waals surface area contributed by atoms with Crippen LogP contribution in [0, 0.1) is 5.41 Å². The highest BCUT2D eigenvalue weighted by atomic mass is 16.5. The van der Waals surface area contributed by atoms with Gasteiger partial charge in [0, 0.05) is 31.4 Å². The first-order valence-corrected chi connectivity index (χ1v) is 6.50. The molecule has 18 heavy (non-hydrogen) atoms. The number of nitrogens with two attached hydrogens (primary N) is 1. The van der Waals surface area contributed by atoms with Crippen molar-refractivity contribution in [3.05, 3.63) is 23.9 Å². The van der Waals surface area contributed by atoms with E-state index in [0.29, 0.717) is 17.8 Å². The molecule has 0 radical (unpaired) electrons. The predicted molar refractivity (Wildman–Crippen MR) is 72.6 cm³/mol. The fourth-order valence-corrected chi connectivity index (χ4v) is 2.63. The quantitative estimate of drug-likeness (QED) is 0.884. The number of hydrogen-bond donors (Lipinski definition) is 1. The van der Waals surface area contributed by atoms with Crippen LogP contribution in [0.5, 0.6) is 5.88 Å². The highest BCUT2D eigenvalue weighted by Crippen LogP contribution is 2.34. The van der Waals surface area contributed by atoms with Crippen molar-refractivity contribution in [3.8, 4) is 5.88 Å². The van der Waals surface area contributed by atoms with Crippen molar-refractivity contribution in [2.75, 3.05) is 26.7 Å². The minimum atomic E-state index is 0.269. The van der Waals surface area contributed by atoms with E-state index in [-0.39, 0.29) is 6.04 Å². The van der Waals surface area contributed by atoms with E-state index < -0.39 is 0 Å². The first kappa shape index (κ1) is 13.3. The van der Waals surface area contributed by atoms with Crippen LogP contribution in [-0.2, 0) is 0 Å². The Morgan fingerprint density at radius 3 is 2.72 bits per heavy atom. The van der Waals surface area contributed by atoms with E-state index in [0.717, 1.165) is 13.1 Å². The Kier molecular flexibility index (Phi) is 3.88. The van der Waals surface area contributed by atoms with Crippen molar-refractivity contribution in [2.24, 2.45) is 11.1 Å². The summed E-state index contributed by atoms with van der Waals surface area (Å²) in [5.41, 5.74) is 7.52. The fraction of sp³-hybridized carbons (Fsp3) is 0.643. The van der Waals surface area contributed by atoms with Gasteiger partial charge >= 0.3 is 0 Å². The van der Waals surface area contributed by atoms with Crippen LogP contribution in [0.15, 0.2) is 18.3 Å². The van der Waals surface area contributed by atoms with E-state index in [2.05, 4.69) is 29.8 Å². The second-order valence-corrected chi connectivity index (χ2v) is 5.77. The van der Waals surface area contributed by atoms with Gasteiger partial charge in [0.1, 0.15) is 0 Å². The van der Waals surface area contributed by atoms with Gasteiger partial charge in [-0.15, -0.1) is 0 Å². The van der Waals surface area contributed by atoms with Gasteiger partial charge in [0.2, 0.25) is 5.88 Å². The van der Waals surface area contributed by atoms with E-state index in [1.54, 1.807) is 7.11 Å². The van der Waals surface area contributed by atoms with Gasteiger partial charge in [-0.25, -0.2) is 4.98 Å². The van der Waals surface area contributed by atoms with E-state index >= 15 is 0 Å². The standard InChI is InChI=1S/C14H23N3O/c1-14(2)6-7-17(10-14)12(8-15)11-4-5-13(18-3)16-9-11/h4-5,9,12H,6-8,10,15H2,1-3H3. The number of rotatable bonds is 4. The summed E-state index contributed by atoms with van der Waals surface area (Å²) in [4.78, 5) is 6.73. The van der Waals surface area contributed by atoms with Crippen LogP contribution in [0.2, 0.25) is 0 Å². The molecule has 1 aromatic rings. The molecule has 4 heteroatoms. The molecule has 1 aromatic heterocycles. The summed E-state index contributed by atoms with van der Waals surface area (Å²) in [6.07, 6.45) is 3.11. The first-order valence-electron chi connectivity index (χ1n) is 6.50. The van der Waals surface area contributed by atoms with Gasteiger partial charge < -0.3 is 10.5 Å². The van der Waals surface area contributed by atoms with Crippen molar-refractivity contribution in [1.82, 2.24) is 9.88 Å². The number of likely N-dealkylation sites (tertiary alicyclic amines) is 1. The summed E-state index contributed by atoms with van der Waals surface area (Å²) >= 11 is 0. The summed E-state index contributed by atoms with van der Waals surface area (Å²) in [5, 5.41) is 0. The van der Waals surface area contributed by atoms with Crippen molar-refractivity contribution in [3.63, 3.8) is 0 Å². The molecule has 1 unspecified atom stereocenters. The van der Waals surface area contributed by atoms with Crippen molar-refractivity contribution >= 4 is 0 Å². The Balaban J connectivity index is 2.13. The van der Waals surface area contributed by atoms with Crippen LogP contribution in [0.1, 0.15) is 31.9 Å². The minimum absolute atomic E-state index is 0.269. The lowest BCUT2D eigenvalue weighted by Crippen LogP contribution is -2.33. The summed E-state index contributed by atoms with van der Waals surface area (Å²) < 4.78 is 5.09. The van der Waals surface area contributed by atoms with E-state index in [9.17, 15) is 0 Å². The normalized spacial score (nSPS) is 20.9. The second-order valence-electron chi connectivity index (χ2n) is 5.77. The molecule has 0 aliphatic carbocycles. The van der Waals surface area contributed by atoms with E-state index in [4.69, 9.17) is 10.5 Å². The van der Waals surface area contributed by atoms with Crippen LogP contribution in [0.3, 0.4) is 0 Å². The molecule has 2 N–H and O–H groups in total. The van der Waals surface area contributed by atoms with Crippen LogP contribution in [0.25, 0.3) is 0 Å². The Labute approximate surface area is 109 Å². The molecule has 1 saturated heterocycles. The van der Waals surface area contributed by atoms with E-state index in [1.807, 2.05) is 12.3 Å². The lowest BCUT2D eigenvalue weighted by Gasteiger charge is -2.28. The molecule has 0 amide bonds. The Morgan fingerprint density at radius 1 is 1.50 bits per heavy atom. The molecular weight excluding hydrogens is 226 g/mol. The number of hydrogen-bond acceptors (Lipinski definition) is 4. The zero-order valence-corrected chi connectivity index (χ0v) is 11.5. The summed E-state index contributed by atoms with van der Waals surface area (Å²) in [6, 6.07) is 4.23. The highest BCUT2D eigenvalue weighted by molar-refractivity contribution is 5.21. The topological polar surface area (TPSA) is 51.4 Å². The Bertz CT molecular complexity index is 389. The molecule has 2 heterocycles. The smallest absolute Gasteiger partial charge is 0.212 e. The van der Waals surface area contributed by atoms with Gasteiger partial charge in [0.05, 0.1) is 7.11 Å². The van der Waals surface area contributed by atoms with Crippen molar-refractivity contribution < 1.29 is 4.74 Å². The van der Waals surface area contributed by atoms with Crippen LogP contribution in [-0.4, -0.2) is 36.6 Å². The lowest BCUT2D eigenvalue weighted by molar-refractivity contribution is 0.223. The largest absolute Gasteiger partial charge is 0.481 e. The number of pyridine rings is 1. The second kappa shape index (κ2) is 5.24. The molecule has 0 saturated carbocycles. The lowest BCUT2D eigenvalue weighted by atomic mass is 9.93. The number of nitrogens with zero attached hydrogens (tertiary/aromatic N) is 2. The van der Waals surface area contributed by atoms with Gasteiger partial charge in [0.25, 0.3) is 0 Å². The van der Waals surface area contributed by atoms with Gasteiger partial charge in [-0.2, -0.15) is 0 Å². The highest BCUT2D eigenvalue weighted by Gasteiger charge is 2.33. The summed E-state index contributed by atoms with van der Waals surface area (Å²) in [5.74, 6) is 0.649. The third-order valence-electron chi connectivity index (χ3n) is 3.72. The zero-order chi connectivity index (χ0) is 13.2. The monoisotopic (exact) mass is 249 g/mol. The van der Waals surface area contributed by atoms with Crippen LogP contribution in [0.4, 0.5) is 0 Å². The predicted octanol–water partition coefficient (Wildman–Crippen LogP) is 1.82. The summed E-state index contributed by atoms with van der Waals surface area (Å²) in [7, 11) is 1.63. The minimum Gasteiger partial charge on any atom is -0.481 e. The van der Waals surface area contributed by atoms with Gasteiger partial charge in [-0.3, -0.25) is 4.90 Å². The molecule has 100 valence electrons. The maximum absolute atomic E-state index is 5.94. The number of ether oxygens (including phenoxy) is 1. The van der Waals surface area contributed by atoms with Crippen molar-refractivity contribution in [1.29, 1.82) is 0 Å². The number of methoxy groups -OCH3 is 1. The molecule has 1 fully saturated rings. The third-order valence-corrected chi connectivity index (χ3v) is 3.72. The molecule has 0 aromatic carbocycles. The summed E-state index contributed by atoms with van der Waals surface area (Å²) in [6.45, 7) is 7.46. The van der Waals surface area contributed by atoms with Gasteiger partial charge in [0.15, 0.2) is 0 Å². The molecule has 1 aliphatic rings. The first-order chi connectivity index (χ1) is 8.55. The Morgan fingerprint density at radius 2 is 2.28 bits per heavy atom. The molecule has 0 spiro atoms. The molecule has 4 nitrogen and oxygen atoms in total. The van der Waals surface area contributed by atoms with Crippen LogP contribution < -0.4 is 10.5 Å². The Hall–Kier alpha value is -1.13. The molecule has 1 atom stereocenters. The third kappa shape index (κ3) is 2.82. The fourth-order valence-electron chi connectivity index (χ4n) is 2.63. The average Bonchev–Trinajstić information content (AvgIpc) is 2.71. The molecule has 0 bridgehead atoms. The SMILES string of the molecule is COc1ccc(C(CN)N2CCC(C)(C)C2)cn1. The molecular formula is C14H23N3O. The van der Waals surface area contributed by atoms with Gasteiger partial charge in [-0.05, 0) is 23.9 Å². The van der Waals surface area contributed by atoms with Gasteiger partial charge in [-0.1, -0.05) is 19.9 Å². The maximum Gasteiger partial charge on any atom is 0.212 e. The maximum atomic E-state index is 5.94. The average molecular weight is 249 g/mol. The zero-order valence-electron chi connectivity index (χ0n) is 11.5. The molecule has 1 aliphatic heterocycles. The van der Waals surface area contributed by atoms with Crippen molar-refractivity contribution in [2.45, 2.75) is 26.3 Å². The number of aromatic nitrogens is 1. The molecule has 2 rings (SSSR count). The van der Waals surface area contributed by atoms with Crippen LogP contribution >= 0.6 is 0 Å².